The second kappa shape index (κ2) is 21.7. The van der Waals surface area contributed by atoms with Gasteiger partial charge in [-0.1, -0.05) is 309 Å². The topological polar surface area (TPSA) is 13.1 Å². The highest BCUT2D eigenvalue weighted by molar-refractivity contribution is 6.27. The molecule has 1 heterocycles. The van der Waals surface area contributed by atoms with Crippen LogP contribution in [0.3, 0.4) is 0 Å². The number of hydrogen-bond acceptors (Lipinski definition) is 1. The largest absolute Gasteiger partial charge is 0.456 e. The molecule has 1 heteroatoms. The normalized spacial score (nSPS) is 14.1. The Morgan fingerprint density at radius 3 is 0.955 bits per heavy atom. The second-order valence-corrected chi connectivity index (χ2v) is 22.1. The monoisotopic (exact) mass is 1140 g/mol. The molecule has 0 atom stereocenters. The highest BCUT2D eigenvalue weighted by atomic mass is 16.3. The molecule has 0 spiro atoms. The summed E-state index contributed by atoms with van der Waals surface area (Å²) in [5.41, 5.74) is 10.8. The van der Waals surface area contributed by atoms with Crippen molar-refractivity contribution in [3.8, 4) is 77.9 Å². The molecule has 1 nitrogen and oxygen atoms in total. The van der Waals surface area contributed by atoms with Crippen LogP contribution in [0.25, 0.3) is 175 Å². The van der Waals surface area contributed by atoms with Gasteiger partial charge in [-0.25, -0.2) is 0 Å². The van der Waals surface area contributed by atoms with Crippen LogP contribution in [-0.4, -0.2) is 0 Å². The number of furan rings is 1. The molecule has 18 aromatic rings. The fourth-order valence-corrected chi connectivity index (χ4v) is 13.2. The lowest BCUT2D eigenvalue weighted by molar-refractivity contribution is 0.669. The molecule has 0 aliphatic rings. The van der Waals surface area contributed by atoms with Gasteiger partial charge in [0, 0.05) is 10.8 Å². The van der Waals surface area contributed by atoms with Crippen LogP contribution in [0.5, 0.6) is 0 Å². The Bertz CT molecular complexity index is 6410. The molecular weight excluding hydrogens is 1070 g/mol. The van der Waals surface area contributed by atoms with Crippen LogP contribution < -0.4 is 0 Å². The summed E-state index contributed by atoms with van der Waals surface area (Å²) in [7, 11) is 0. The first-order valence-corrected chi connectivity index (χ1v) is 29.4. The molecular formula is C88H56O. The fraction of sp³-hybridized carbons (Fsp3) is 0. The summed E-state index contributed by atoms with van der Waals surface area (Å²) >= 11 is 0. The number of fused-ring (bicyclic) bond motifs is 10. The van der Waals surface area contributed by atoms with Gasteiger partial charge in [-0.3, -0.25) is 0 Å². The molecule has 0 saturated heterocycles. The van der Waals surface area contributed by atoms with E-state index in [1.807, 2.05) is 231 Å². The lowest BCUT2D eigenvalue weighted by Crippen LogP contribution is -1.93. The van der Waals surface area contributed by atoms with Crippen LogP contribution in [-0.2, 0) is 0 Å². The van der Waals surface area contributed by atoms with Gasteiger partial charge in [0.25, 0.3) is 0 Å². The number of rotatable bonds is 7. The summed E-state index contributed by atoms with van der Waals surface area (Å²) in [4.78, 5) is 0. The van der Waals surface area contributed by atoms with Crippen LogP contribution in [0.15, 0.2) is 344 Å². The van der Waals surface area contributed by atoms with Gasteiger partial charge in [0.1, 0.15) is 11.2 Å². The predicted octanol–water partition coefficient (Wildman–Crippen LogP) is 25.0. The van der Waals surface area contributed by atoms with Crippen molar-refractivity contribution in [1.82, 2.24) is 0 Å². The van der Waals surface area contributed by atoms with Gasteiger partial charge < -0.3 is 4.42 Å². The number of hydrogen-bond donors (Lipinski definition) is 0. The van der Waals surface area contributed by atoms with Gasteiger partial charge >= 0.3 is 0 Å². The molecule has 1 aromatic heterocycles. The summed E-state index contributed by atoms with van der Waals surface area (Å²) in [6.45, 7) is 0. The second-order valence-electron chi connectivity index (χ2n) is 22.1. The van der Waals surface area contributed by atoms with Gasteiger partial charge in [0.15, 0.2) is 0 Å². The van der Waals surface area contributed by atoms with E-state index < -0.39 is 48.3 Å². The first kappa shape index (κ1) is 37.7. The quantitative estimate of drug-likeness (QED) is 0.145. The lowest BCUT2D eigenvalue weighted by Gasteiger charge is -2.21. The van der Waals surface area contributed by atoms with E-state index in [2.05, 4.69) is 6.07 Å². The van der Waals surface area contributed by atoms with Gasteiger partial charge in [-0.05, 0) is 184 Å². The highest BCUT2D eigenvalue weighted by Gasteiger charge is 2.22. The Morgan fingerprint density at radius 1 is 0.191 bits per heavy atom. The molecule has 0 aliphatic carbocycles. The zero-order chi connectivity index (χ0) is 72.7. The molecule has 414 valence electrons. The molecule has 18 rings (SSSR count). The maximum absolute atomic E-state index is 9.48. The predicted molar refractivity (Wildman–Crippen MR) is 381 cm³/mol. The molecule has 0 amide bonds. The lowest BCUT2D eigenvalue weighted by atomic mass is 9.82. The Kier molecular flexibility index (Phi) is 9.20. The molecule has 0 aliphatic heterocycles. The molecule has 0 saturated carbocycles. The third-order valence-corrected chi connectivity index (χ3v) is 17.2. The van der Waals surface area contributed by atoms with E-state index in [-0.39, 0.29) is 91.4 Å². The first-order valence-electron chi connectivity index (χ1n) is 37.4. The van der Waals surface area contributed by atoms with Crippen molar-refractivity contribution >= 4 is 97.3 Å². The summed E-state index contributed by atoms with van der Waals surface area (Å²) < 4.78 is 152. The van der Waals surface area contributed by atoms with E-state index in [1.165, 1.54) is 0 Å². The zero-order valence-corrected chi connectivity index (χ0v) is 47.5. The molecule has 0 radical (unpaired) electrons. The van der Waals surface area contributed by atoms with Crippen molar-refractivity contribution in [2.75, 3.05) is 0 Å². The van der Waals surface area contributed by atoms with Gasteiger partial charge in [0.2, 0.25) is 0 Å². The van der Waals surface area contributed by atoms with Crippen LogP contribution in [0.1, 0.15) is 21.9 Å². The fourth-order valence-electron chi connectivity index (χ4n) is 13.2. The average Bonchev–Trinajstić information content (AvgIpc) is 0.789. The van der Waals surface area contributed by atoms with Crippen molar-refractivity contribution in [3.05, 3.63) is 339 Å². The van der Waals surface area contributed by atoms with Gasteiger partial charge in [-0.15, -0.1) is 0 Å². The van der Waals surface area contributed by atoms with E-state index in [1.54, 1.807) is 6.07 Å². The first-order chi connectivity index (χ1) is 50.8. The van der Waals surface area contributed by atoms with Crippen LogP contribution in [0, 0.1) is 0 Å². The third kappa shape index (κ3) is 8.86. The van der Waals surface area contributed by atoms with Crippen molar-refractivity contribution in [2.45, 2.75) is 0 Å². The summed E-state index contributed by atoms with van der Waals surface area (Å²) in [5, 5.41) is 8.45. The van der Waals surface area contributed by atoms with Crippen molar-refractivity contribution in [1.29, 1.82) is 0 Å². The van der Waals surface area contributed by atoms with E-state index in [4.69, 9.17) is 15.4 Å². The number of para-hydroxylation sites is 1. The van der Waals surface area contributed by atoms with Crippen molar-refractivity contribution < 1.29 is 26.3 Å². The van der Waals surface area contributed by atoms with Gasteiger partial charge in [0.05, 0.1) is 21.9 Å². The minimum atomic E-state index is -0.434. The van der Waals surface area contributed by atoms with E-state index >= 15 is 0 Å². The van der Waals surface area contributed by atoms with Crippen LogP contribution in [0.2, 0.25) is 0 Å². The standard InChI is InChI=1S/C46H30.C42H26O/c1-3-15-31(16-4-1)33-27-29-43(37-21-9-7-19-35(33)37)45-39-23-11-13-25-41(39)46(42-26-14-12-24-40(42)45)44-30-28-34(32-17-5-2-6-18-32)36-20-8-10-22-38(36)44;1-2-10-27(11-3-1)28-18-19-30-25-31(21-20-29(30)24-28)41-35-13-4-6-15-37(35)42(38-16-7-5-14-36(38)41)32-22-23-34-33-12-8-9-17-39(33)43-40(34)26-32/h1-30H;1-26H/i11D,12D,13D,14D,23D,24D,25D,26D;4D,5D,6D,7D,13D,14D,15D,16D. The molecule has 0 N–H and O–H groups in total. The van der Waals surface area contributed by atoms with E-state index in [0.717, 1.165) is 76.5 Å². The highest BCUT2D eigenvalue weighted by Crippen LogP contribution is 2.50. The minimum Gasteiger partial charge on any atom is -0.456 e. The average molecular weight is 1150 g/mol. The minimum absolute atomic E-state index is 0.170. The van der Waals surface area contributed by atoms with Crippen molar-refractivity contribution in [3.63, 3.8) is 0 Å². The molecule has 0 bridgehead atoms. The van der Waals surface area contributed by atoms with E-state index in [0.29, 0.717) is 55.7 Å². The van der Waals surface area contributed by atoms with Crippen LogP contribution >= 0.6 is 0 Å². The third-order valence-electron chi connectivity index (χ3n) is 17.2. The smallest absolute Gasteiger partial charge is 0.136 e. The number of benzene rings is 17. The molecule has 17 aromatic carbocycles. The maximum atomic E-state index is 9.48. The van der Waals surface area contributed by atoms with Crippen molar-refractivity contribution in [2.24, 2.45) is 0 Å². The van der Waals surface area contributed by atoms with Crippen LogP contribution in [0.4, 0.5) is 0 Å². The Balaban J connectivity index is 0.000000155. The summed E-state index contributed by atoms with van der Waals surface area (Å²) in [6.07, 6.45) is 0. The maximum Gasteiger partial charge on any atom is 0.136 e. The summed E-state index contributed by atoms with van der Waals surface area (Å²) in [6, 6.07) is 72.6. The molecule has 89 heavy (non-hydrogen) atoms. The Labute approximate surface area is 538 Å². The zero-order valence-electron chi connectivity index (χ0n) is 63.5. The SMILES string of the molecule is [2H]c1c([2H])c([2H])c2c(-c3ccc(-c4ccccc4)c4ccccc34)c3c([2H])c([2H])c([2H])c([2H])c3c(-c3ccc(-c4ccccc4)c4ccccc34)c2c1[2H].[2H]c1c([2H])c([2H])c2c(-c3ccc4c(c3)oc3ccccc34)c3c([2H])c([2H])c([2H])c([2H])c3c(-c3ccc4cc(-c5ccccc5)ccc4c3)c2c1[2H]. The van der Waals surface area contributed by atoms with E-state index in [9.17, 15) is 11.0 Å². The Hall–Kier alpha value is -11.6. The Morgan fingerprint density at radius 2 is 0.506 bits per heavy atom. The molecule has 0 unspecified atom stereocenters. The van der Waals surface area contributed by atoms with Gasteiger partial charge in [-0.2, -0.15) is 0 Å². The molecule has 0 fully saturated rings. The summed E-state index contributed by atoms with van der Waals surface area (Å²) in [5.74, 6) is 0.